The second-order valence-electron chi connectivity index (χ2n) is 7.70. The lowest BCUT2D eigenvalue weighted by atomic mass is 10.1. The predicted molar refractivity (Wildman–Crippen MR) is 150 cm³/mol. The molecule has 4 rings (SSSR count). The van der Waals surface area contributed by atoms with E-state index in [0.717, 1.165) is 9.13 Å². The minimum absolute atomic E-state index is 0.00706. The summed E-state index contributed by atoms with van der Waals surface area (Å²) >= 11 is 7.45. The summed E-state index contributed by atoms with van der Waals surface area (Å²) in [4.78, 5) is 27.4. The molecular formula is C27H23IN2O5S. The molecule has 1 aliphatic heterocycles. The largest absolute Gasteiger partial charge is 0.494 e. The number of carbonyl (C=O) groups excluding carboxylic acids is 2. The van der Waals surface area contributed by atoms with Crippen LogP contribution in [0.3, 0.4) is 0 Å². The second-order valence-corrected chi connectivity index (χ2v) is 9.25. The van der Waals surface area contributed by atoms with Gasteiger partial charge in [0.1, 0.15) is 17.9 Å². The molecule has 0 unspecified atom stereocenters. The monoisotopic (exact) mass is 614 g/mol. The smallest absolute Gasteiger partial charge is 0.270 e. The molecule has 36 heavy (non-hydrogen) atoms. The Balaban J connectivity index is 1.64. The molecular weight excluding hydrogens is 591 g/mol. The Labute approximate surface area is 228 Å². The summed E-state index contributed by atoms with van der Waals surface area (Å²) < 4.78 is 17.9. The van der Waals surface area contributed by atoms with Gasteiger partial charge in [-0.3, -0.25) is 19.8 Å². The SMILES string of the molecule is CCOc1cccc(N2C(=O)/C(=C/c3cc(I)c(OCc4ccccc4)c(OC)c3)C(=O)NC2=S)c1. The van der Waals surface area contributed by atoms with E-state index in [4.69, 9.17) is 26.4 Å². The molecule has 0 radical (unpaired) electrons. The highest BCUT2D eigenvalue weighted by molar-refractivity contribution is 14.1. The normalized spacial score (nSPS) is 14.6. The van der Waals surface area contributed by atoms with Gasteiger partial charge in [-0.2, -0.15) is 0 Å². The van der Waals surface area contributed by atoms with Crippen molar-refractivity contribution in [2.75, 3.05) is 18.6 Å². The molecule has 0 atom stereocenters. The van der Waals surface area contributed by atoms with E-state index in [1.54, 1.807) is 37.4 Å². The van der Waals surface area contributed by atoms with E-state index in [1.165, 1.54) is 11.0 Å². The number of hydrogen-bond donors (Lipinski definition) is 1. The van der Waals surface area contributed by atoms with Crippen LogP contribution >= 0.6 is 34.8 Å². The first kappa shape index (κ1) is 25.6. The van der Waals surface area contributed by atoms with Gasteiger partial charge >= 0.3 is 0 Å². The molecule has 1 aliphatic rings. The van der Waals surface area contributed by atoms with Gasteiger partial charge in [-0.25, -0.2) is 0 Å². The van der Waals surface area contributed by atoms with Gasteiger partial charge in [0.25, 0.3) is 11.8 Å². The van der Waals surface area contributed by atoms with Crippen molar-refractivity contribution >= 4 is 63.5 Å². The molecule has 1 fully saturated rings. The number of benzene rings is 3. The maximum Gasteiger partial charge on any atom is 0.270 e. The number of halogens is 1. The van der Waals surface area contributed by atoms with Gasteiger partial charge in [0.05, 0.1) is 23.0 Å². The zero-order chi connectivity index (χ0) is 25.7. The highest BCUT2D eigenvalue weighted by Gasteiger charge is 2.34. The fraction of sp³-hybridized carbons (Fsp3) is 0.148. The predicted octanol–water partition coefficient (Wildman–Crippen LogP) is 5.11. The topological polar surface area (TPSA) is 77.1 Å². The number of carbonyl (C=O) groups is 2. The van der Waals surface area contributed by atoms with Gasteiger partial charge in [-0.1, -0.05) is 36.4 Å². The number of amides is 2. The van der Waals surface area contributed by atoms with Crippen LogP contribution in [0.1, 0.15) is 18.1 Å². The number of anilines is 1. The molecule has 1 N–H and O–H groups in total. The summed E-state index contributed by atoms with van der Waals surface area (Å²) in [5.41, 5.74) is 2.08. The van der Waals surface area contributed by atoms with Gasteiger partial charge in [0.15, 0.2) is 16.6 Å². The van der Waals surface area contributed by atoms with Crippen LogP contribution in [0.4, 0.5) is 5.69 Å². The van der Waals surface area contributed by atoms with Crippen molar-refractivity contribution in [3.05, 3.63) is 87.0 Å². The summed E-state index contributed by atoms with van der Waals surface area (Å²) in [6.07, 6.45) is 1.52. The van der Waals surface area contributed by atoms with Crippen LogP contribution in [0.25, 0.3) is 6.08 Å². The zero-order valence-electron chi connectivity index (χ0n) is 19.6. The maximum atomic E-state index is 13.4. The molecule has 0 bridgehead atoms. The Hall–Kier alpha value is -3.44. The average Bonchev–Trinajstić information content (AvgIpc) is 2.86. The van der Waals surface area contributed by atoms with Crippen LogP contribution < -0.4 is 24.4 Å². The van der Waals surface area contributed by atoms with Crippen molar-refractivity contribution in [2.24, 2.45) is 0 Å². The van der Waals surface area contributed by atoms with Crippen LogP contribution in [0.2, 0.25) is 0 Å². The molecule has 0 aromatic heterocycles. The molecule has 0 saturated carbocycles. The number of methoxy groups -OCH3 is 1. The first-order valence-electron chi connectivity index (χ1n) is 11.1. The molecule has 3 aromatic rings. The van der Waals surface area contributed by atoms with Crippen molar-refractivity contribution in [3.8, 4) is 17.2 Å². The summed E-state index contributed by atoms with van der Waals surface area (Å²) in [7, 11) is 1.54. The number of rotatable bonds is 8. The van der Waals surface area contributed by atoms with Crippen LogP contribution in [0.15, 0.2) is 72.3 Å². The van der Waals surface area contributed by atoms with Gasteiger partial charge in [-0.05, 0) is 83.2 Å². The third-order valence-corrected chi connectivity index (χ3v) is 6.36. The lowest BCUT2D eigenvalue weighted by Gasteiger charge is -2.29. The quantitative estimate of drug-likeness (QED) is 0.165. The summed E-state index contributed by atoms with van der Waals surface area (Å²) in [5, 5.41) is 2.61. The lowest BCUT2D eigenvalue weighted by Crippen LogP contribution is -2.54. The standard InChI is InChI=1S/C27H23IN2O5S/c1-3-34-20-11-7-10-19(15-20)30-26(32)21(25(31)29-27(30)36)12-18-13-22(28)24(23(14-18)33-2)35-16-17-8-5-4-6-9-17/h4-15H,3,16H2,1-2H3,(H,29,31,36)/b21-12+. The molecule has 0 aliphatic carbocycles. The van der Waals surface area contributed by atoms with Gasteiger partial charge in [0.2, 0.25) is 0 Å². The highest BCUT2D eigenvalue weighted by atomic mass is 127. The van der Waals surface area contributed by atoms with Crippen molar-refractivity contribution in [3.63, 3.8) is 0 Å². The molecule has 9 heteroatoms. The van der Waals surface area contributed by atoms with E-state index in [1.807, 2.05) is 43.3 Å². The molecule has 3 aromatic carbocycles. The molecule has 2 amide bonds. The van der Waals surface area contributed by atoms with Crippen molar-refractivity contribution < 1.29 is 23.8 Å². The first-order chi connectivity index (χ1) is 17.4. The van der Waals surface area contributed by atoms with E-state index in [0.29, 0.717) is 41.7 Å². The minimum atomic E-state index is -0.569. The average molecular weight is 614 g/mol. The number of nitrogens with zero attached hydrogens (tertiary/aromatic N) is 1. The van der Waals surface area contributed by atoms with Crippen LogP contribution in [-0.2, 0) is 16.2 Å². The summed E-state index contributed by atoms with van der Waals surface area (Å²) in [5.74, 6) is 0.569. The summed E-state index contributed by atoms with van der Waals surface area (Å²) in [6.45, 7) is 2.73. The maximum absolute atomic E-state index is 13.4. The van der Waals surface area contributed by atoms with Gasteiger partial charge in [0, 0.05) is 6.07 Å². The van der Waals surface area contributed by atoms with Gasteiger partial charge in [-0.15, -0.1) is 0 Å². The van der Waals surface area contributed by atoms with Crippen LogP contribution in [0, 0.1) is 3.57 Å². The van der Waals surface area contributed by atoms with Crippen LogP contribution in [0.5, 0.6) is 17.2 Å². The zero-order valence-corrected chi connectivity index (χ0v) is 22.6. The Morgan fingerprint density at radius 2 is 1.81 bits per heavy atom. The van der Waals surface area contributed by atoms with E-state index < -0.39 is 11.8 Å². The third kappa shape index (κ3) is 5.68. The second kappa shape index (κ2) is 11.5. The van der Waals surface area contributed by atoms with Crippen molar-refractivity contribution in [2.45, 2.75) is 13.5 Å². The Morgan fingerprint density at radius 3 is 2.53 bits per heavy atom. The number of ether oxygens (including phenoxy) is 3. The fourth-order valence-electron chi connectivity index (χ4n) is 3.63. The van der Waals surface area contributed by atoms with E-state index in [2.05, 4.69) is 27.9 Å². The fourth-order valence-corrected chi connectivity index (χ4v) is 4.69. The van der Waals surface area contributed by atoms with E-state index in [-0.39, 0.29) is 10.7 Å². The molecule has 0 spiro atoms. The van der Waals surface area contributed by atoms with E-state index >= 15 is 0 Å². The number of thiocarbonyl (C=S) groups is 1. The molecule has 1 heterocycles. The Kier molecular flexibility index (Phi) is 8.21. The number of nitrogens with one attached hydrogen (secondary N) is 1. The Morgan fingerprint density at radius 1 is 1.03 bits per heavy atom. The lowest BCUT2D eigenvalue weighted by molar-refractivity contribution is -0.122. The molecule has 184 valence electrons. The third-order valence-electron chi connectivity index (χ3n) is 5.28. The molecule has 1 saturated heterocycles. The highest BCUT2D eigenvalue weighted by Crippen LogP contribution is 2.35. The van der Waals surface area contributed by atoms with Crippen molar-refractivity contribution in [1.29, 1.82) is 0 Å². The van der Waals surface area contributed by atoms with Crippen LogP contribution in [-0.4, -0.2) is 30.6 Å². The van der Waals surface area contributed by atoms with Gasteiger partial charge < -0.3 is 14.2 Å². The Bertz CT molecular complexity index is 1340. The van der Waals surface area contributed by atoms with Crippen molar-refractivity contribution in [1.82, 2.24) is 5.32 Å². The number of hydrogen-bond acceptors (Lipinski definition) is 6. The summed E-state index contributed by atoms with van der Waals surface area (Å²) in [6, 6.07) is 20.3. The molecule has 7 nitrogen and oxygen atoms in total. The van der Waals surface area contributed by atoms with E-state index in [9.17, 15) is 9.59 Å². The minimum Gasteiger partial charge on any atom is -0.494 e. The first-order valence-corrected chi connectivity index (χ1v) is 12.6.